The standard InChI is InChI=1S/C12H11F3O3/c13-12(14,15)9-4-2-1-3-8(9)11(18)5-7(6-11)10(16)17/h1-4,7,18H,5-6H2,(H,16,17). The number of halogens is 3. The maximum Gasteiger partial charge on any atom is 0.416 e. The zero-order chi connectivity index (χ0) is 13.6. The van der Waals surface area contributed by atoms with Crippen LogP contribution in [0.4, 0.5) is 13.2 Å². The molecule has 0 aromatic heterocycles. The zero-order valence-corrected chi connectivity index (χ0v) is 9.24. The summed E-state index contributed by atoms with van der Waals surface area (Å²) in [5.41, 5.74) is -2.83. The maximum atomic E-state index is 12.8. The number of carboxylic acids is 1. The van der Waals surface area contributed by atoms with Crippen LogP contribution in [-0.2, 0) is 16.6 Å². The van der Waals surface area contributed by atoms with Crippen molar-refractivity contribution in [1.82, 2.24) is 0 Å². The lowest BCUT2D eigenvalue weighted by Crippen LogP contribution is -2.45. The second kappa shape index (κ2) is 3.98. The Balaban J connectivity index is 2.33. The van der Waals surface area contributed by atoms with Crippen molar-refractivity contribution in [3.05, 3.63) is 35.4 Å². The van der Waals surface area contributed by atoms with Gasteiger partial charge in [-0.05, 0) is 24.5 Å². The summed E-state index contributed by atoms with van der Waals surface area (Å²) in [5.74, 6) is -1.87. The summed E-state index contributed by atoms with van der Waals surface area (Å²) in [6.45, 7) is 0. The van der Waals surface area contributed by atoms with E-state index in [2.05, 4.69) is 0 Å². The van der Waals surface area contributed by atoms with E-state index in [9.17, 15) is 23.1 Å². The van der Waals surface area contributed by atoms with Gasteiger partial charge in [-0.3, -0.25) is 4.79 Å². The van der Waals surface area contributed by atoms with Crippen molar-refractivity contribution < 1.29 is 28.2 Å². The molecule has 0 saturated heterocycles. The van der Waals surface area contributed by atoms with Crippen LogP contribution in [-0.4, -0.2) is 16.2 Å². The van der Waals surface area contributed by atoms with Crippen molar-refractivity contribution in [2.24, 2.45) is 5.92 Å². The molecule has 1 saturated carbocycles. The van der Waals surface area contributed by atoms with Crippen molar-refractivity contribution in [3.63, 3.8) is 0 Å². The largest absolute Gasteiger partial charge is 0.481 e. The summed E-state index contributed by atoms with van der Waals surface area (Å²) in [6, 6.07) is 4.72. The van der Waals surface area contributed by atoms with Crippen LogP contribution in [0.1, 0.15) is 24.0 Å². The third kappa shape index (κ3) is 2.08. The smallest absolute Gasteiger partial charge is 0.416 e. The minimum Gasteiger partial charge on any atom is -0.481 e. The number of hydrogen-bond donors (Lipinski definition) is 2. The zero-order valence-electron chi connectivity index (χ0n) is 9.24. The van der Waals surface area contributed by atoms with Gasteiger partial charge in [0.25, 0.3) is 0 Å². The first-order valence-corrected chi connectivity index (χ1v) is 5.36. The molecule has 18 heavy (non-hydrogen) atoms. The van der Waals surface area contributed by atoms with Crippen LogP contribution in [0.25, 0.3) is 0 Å². The number of carbonyl (C=O) groups is 1. The molecule has 1 aromatic carbocycles. The Hall–Kier alpha value is -1.56. The van der Waals surface area contributed by atoms with Crippen LogP contribution in [0.2, 0.25) is 0 Å². The topological polar surface area (TPSA) is 57.5 Å². The van der Waals surface area contributed by atoms with Crippen LogP contribution in [0, 0.1) is 5.92 Å². The number of rotatable bonds is 2. The van der Waals surface area contributed by atoms with Gasteiger partial charge in [0.15, 0.2) is 0 Å². The fourth-order valence-corrected chi connectivity index (χ4v) is 2.29. The number of aliphatic hydroxyl groups is 1. The molecule has 0 atom stereocenters. The lowest BCUT2D eigenvalue weighted by Gasteiger charge is -2.42. The van der Waals surface area contributed by atoms with Crippen LogP contribution in [0.3, 0.4) is 0 Å². The second-order valence-electron chi connectivity index (χ2n) is 4.52. The fourth-order valence-electron chi connectivity index (χ4n) is 2.29. The third-order valence-corrected chi connectivity index (χ3v) is 3.25. The summed E-state index contributed by atoms with van der Waals surface area (Å²) in [7, 11) is 0. The SMILES string of the molecule is O=C(O)C1CC(O)(c2ccccc2C(F)(F)F)C1. The Morgan fingerprint density at radius 1 is 1.28 bits per heavy atom. The Bertz CT molecular complexity index is 476. The Morgan fingerprint density at radius 3 is 2.33 bits per heavy atom. The van der Waals surface area contributed by atoms with E-state index in [1.165, 1.54) is 18.2 Å². The van der Waals surface area contributed by atoms with E-state index in [4.69, 9.17) is 5.11 Å². The van der Waals surface area contributed by atoms with E-state index in [-0.39, 0.29) is 18.4 Å². The van der Waals surface area contributed by atoms with E-state index >= 15 is 0 Å². The summed E-state index contributed by atoms with van der Waals surface area (Å²) >= 11 is 0. The molecule has 0 spiro atoms. The van der Waals surface area contributed by atoms with Crippen molar-refractivity contribution >= 4 is 5.97 Å². The van der Waals surface area contributed by atoms with Crippen molar-refractivity contribution in [1.29, 1.82) is 0 Å². The molecule has 3 nitrogen and oxygen atoms in total. The van der Waals surface area contributed by atoms with Gasteiger partial charge < -0.3 is 10.2 Å². The van der Waals surface area contributed by atoms with Crippen molar-refractivity contribution in [2.45, 2.75) is 24.6 Å². The molecule has 0 heterocycles. The highest BCUT2D eigenvalue weighted by atomic mass is 19.4. The van der Waals surface area contributed by atoms with Crippen LogP contribution in [0.15, 0.2) is 24.3 Å². The molecular formula is C12H11F3O3. The van der Waals surface area contributed by atoms with Crippen LogP contribution < -0.4 is 0 Å². The van der Waals surface area contributed by atoms with Crippen LogP contribution in [0.5, 0.6) is 0 Å². The molecule has 1 aromatic rings. The summed E-state index contributed by atoms with van der Waals surface area (Å²) < 4.78 is 38.3. The highest BCUT2D eigenvalue weighted by Crippen LogP contribution is 2.49. The van der Waals surface area contributed by atoms with E-state index in [0.29, 0.717) is 0 Å². The normalized spacial score (nSPS) is 27.7. The second-order valence-corrected chi connectivity index (χ2v) is 4.52. The fraction of sp³-hybridized carbons (Fsp3) is 0.417. The number of alkyl halides is 3. The summed E-state index contributed by atoms with van der Waals surface area (Å²) in [6.07, 6.45) is -4.93. The first-order chi connectivity index (χ1) is 8.24. The van der Waals surface area contributed by atoms with Gasteiger partial charge in [0.05, 0.1) is 17.1 Å². The number of hydrogen-bond acceptors (Lipinski definition) is 2. The molecule has 0 unspecified atom stereocenters. The molecule has 1 fully saturated rings. The molecule has 1 aliphatic rings. The Morgan fingerprint density at radius 2 is 1.83 bits per heavy atom. The average Bonchev–Trinajstić information content (AvgIpc) is 2.23. The van der Waals surface area contributed by atoms with E-state index in [1.54, 1.807) is 0 Å². The number of benzene rings is 1. The first kappa shape index (κ1) is 12.9. The molecular weight excluding hydrogens is 249 g/mol. The number of aliphatic carboxylic acids is 1. The van der Waals surface area contributed by atoms with Gasteiger partial charge in [-0.2, -0.15) is 13.2 Å². The van der Waals surface area contributed by atoms with Crippen LogP contribution >= 0.6 is 0 Å². The van der Waals surface area contributed by atoms with Gasteiger partial charge in [0.2, 0.25) is 0 Å². The van der Waals surface area contributed by atoms with E-state index in [0.717, 1.165) is 6.07 Å². The summed E-state index contributed by atoms with van der Waals surface area (Å²) in [5, 5.41) is 18.8. The average molecular weight is 260 g/mol. The molecule has 0 bridgehead atoms. The highest BCUT2D eigenvalue weighted by molar-refractivity contribution is 5.72. The van der Waals surface area contributed by atoms with Crippen molar-refractivity contribution in [2.75, 3.05) is 0 Å². The van der Waals surface area contributed by atoms with Gasteiger partial charge in [0.1, 0.15) is 0 Å². The summed E-state index contributed by atoms with van der Waals surface area (Å²) in [4.78, 5) is 10.6. The maximum absolute atomic E-state index is 12.8. The van der Waals surface area contributed by atoms with E-state index in [1.807, 2.05) is 0 Å². The molecule has 2 rings (SSSR count). The molecule has 98 valence electrons. The quantitative estimate of drug-likeness (QED) is 0.858. The number of carboxylic acid groups (broad SMARTS) is 1. The molecule has 0 amide bonds. The van der Waals surface area contributed by atoms with Gasteiger partial charge >= 0.3 is 12.1 Å². The first-order valence-electron chi connectivity index (χ1n) is 5.36. The Kier molecular flexibility index (Phi) is 2.85. The third-order valence-electron chi connectivity index (χ3n) is 3.25. The lowest BCUT2D eigenvalue weighted by molar-refractivity contribution is -0.162. The van der Waals surface area contributed by atoms with Gasteiger partial charge in [-0.25, -0.2) is 0 Å². The van der Waals surface area contributed by atoms with E-state index < -0.39 is 29.2 Å². The van der Waals surface area contributed by atoms with Gasteiger partial charge in [-0.1, -0.05) is 18.2 Å². The minimum atomic E-state index is -4.55. The molecule has 6 heteroatoms. The molecule has 1 aliphatic carbocycles. The predicted molar refractivity (Wildman–Crippen MR) is 55.7 cm³/mol. The predicted octanol–water partition coefficient (Wildman–Crippen LogP) is 2.39. The molecule has 2 N–H and O–H groups in total. The van der Waals surface area contributed by atoms with Gasteiger partial charge in [0, 0.05) is 0 Å². The molecule has 0 aliphatic heterocycles. The highest BCUT2D eigenvalue weighted by Gasteiger charge is 2.50. The Labute approximate surface area is 101 Å². The minimum absolute atomic E-state index is 0.185. The monoisotopic (exact) mass is 260 g/mol. The van der Waals surface area contributed by atoms with Gasteiger partial charge in [-0.15, -0.1) is 0 Å². The molecule has 0 radical (unpaired) electrons. The lowest BCUT2D eigenvalue weighted by atomic mass is 9.66. The van der Waals surface area contributed by atoms with Crippen molar-refractivity contribution in [3.8, 4) is 0 Å².